The van der Waals surface area contributed by atoms with Crippen LogP contribution in [0, 0.1) is 0 Å². The first-order valence-corrected chi connectivity index (χ1v) is 12.6. The highest BCUT2D eigenvalue weighted by Crippen LogP contribution is 2.40. The molecule has 4 rings (SSSR count). The van der Waals surface area contributed by atoms with Gasteiger partial charge in [0.25, 0.3) is 0 Å². The van der Waals surface area contributed by atoms with E-state index in [0.717, 1.165) is 0 Å². The third-order valence-electron chi connectivity index (χ3n) is 5.92. The van der Waals surface area contributed by atoms with Crippen molar-refractivity contribution in [2.24, 2.45) is 0 Å². The zero-order valence-electron chi connectivity index (χ0n) is 21.3. The largest absolute Gasteiger partial charge is 0.494 e. The molecule has 0 radical (unpaired) electrons. The Morgan fingerprint density at radius 2 is 1.18 bits per heavy atom. The van der Waals surface area contributed by atoms with E-state index in [9.17, 15) is 14.4 Å². The van der Waals surface area contributed by atoms with Crippen molar-refractivity contribution >= 4 is 17.9 Å². The summed E-state index contributed by atoms with van der Waals surface area (Å²) in [7, 11) is 0. The molecule has 0 heterocycles. The fraction of sp³-hybridized carbons (Fsp3) is 0.258. The van der Waals surface area contributed by atoms with Gasteiger partial charge in [0, 0.05) is 5.57 Å². The fourth-order valence-corrected chi connectivity index (χ4v) is 3.59. The Hall–Kier alpha value is -4.39. The molecule has 0 saturated heterocycles. The molecule has 0 amide bonds. The average molecular weight is 515 g/mol. The summed E-state index contributed by atoms with van der Waals surface area (Å²) < 4.78 is 21.5. The van der Waals surface area contributed by atoms with Crippen LogP contribution in [0.1, 0.15) is 64.8 Å². The summed E-state index contributed by atoms with van der Waals surface area (Å²) in [6.07, 6.45) is 3.82. The average Bonchev–Trinajstić information content (AvgIpc) is 3.77. The summed E-state index contributed by atoms with van der Waals surface area (Å²) in [5.74, 6) is 0.665. The van der Waals surface area contributed by atoms with E-state index >= 15 is 0 Å². The molecule has 1 aliphatic carbocycles. The number of ether oxygens (including phenoxy) is 4. The Morgan fingerprint density at radius 3 is 1.68 bits per heavy atom. The van der Waals surface area contributed by atoms with Crippen LogP contribution in [0.5, 0.6) is 17.2 Å². The quantitative estimate of drug-likeness (QED) is 0.122. The Labute approximate surface area is 222 Å². The molecule has 3 aromatic carbocycles. The van der Waals surface area contributed by atoms with E-state index in [2.05, 4.69) is 6.58 Å². The van der Waals surface area contributed by atoms with Crippen molar-refractivity contribution in [1.82, 2.24) is 0 Å². The van der Waals surface area contributed by atoms with Crippen LogP contribution >= 0.6 is 0 Å². The van der Waals surface area contributed by atoms with Gasteiger partial charge >= 0.3 is 17.9 Å². The number of carbonyl (C=O) groups excluding carboxylic acids is 3. The second kappa shape index (κ2) is 12.7. The van der Waals surface area contributed by atoms with Crippen molar-refractivity contribution < 1.29 is 33.3 Å². The maximum absolute atomic E-state index is 12.5. The molecule has 0 unspecified atom stereocenters. The molecule has 0 atom stereocenters. The summed E-state index contributed by atoms with van der Waals surface area (Å²) >= 11 is 0. The number of rotatable bonds is 12. The highest BCUT2D eigenvalue weighted by Gasteiger charge is 2.23. The molecule has 1 saturated carbocycles. The maximum atomic E-state index is 12.5. The summed E-state index contributed by atoms with van der Waals surface area (Å²) in [4.78, 5) is 36.3. The molecule has 0 N–H and O–H groups in total. The monoisotopic (exact) mass is 514 g/mol. The molecule has 0 aliphatic heterocycles. The van der Waals surface area contributed by atoms with E-state index in [4.69, 9.17) is 18.9 Å². The molecule has 7 nitrogen and oxygen atoms in total. The molecule has 0 bridgehead atoms. The van der Waals surface area contributed by atoms with E-state index in [1.807, 2.05) is 24.3 Å². The molecule has 1 fully saturated rings. The Balaban J connectivity index is 1.19. The first-order chi connectivity index (χ1) is 18.4. The van der Waals surface area contributed by atoms with Crippen molar-refractivity contribution in [1.29, 1.82) is 0 Å². The van der Waals surface area contributed by atoms with Gasteiger partial charge in [0.2, 0.25) is 0 Å². The summed E-state index contributed by atoms with van der Waals surface area (Å²) in [6, 6.07) is 20.4. The lowest BCUT2D eigenvalue weighted by molar-refractivity contribution is -0.139. The van der Waals surface area contributed by atoms with E-state index in [1.54, 1.807) is 55.5 Å². The minimum Gasteiger partial charge on any atom is -0.494 e. The van der Waals surface area contributed by atoms with Crippen molar-refractivity contribution in [3.05, 3.63) is 102 Å². The van der Waals surface area contributed by atoms with Gasteiger partial charge in [0.1, 0.15) is 17.2 Å². The maximum Gasteiger partial charge on any atom is 0.343 e. The summed E-state index contributed by atoms with van der Waals surface area (Å²) in [6.45, 7) is 5.91. The van der Waals surface area contributed by atoms with Crippen LogP contribution in [0.25, 0.3) is 0 Å². The number of carbonyl (C=O) groups is 3. The van der Waals surface area contributed by atoms with Gasteiger partial charge in [0.05, 0.1) is 24.3 Å². The van der Waals surface area contributed by atoms with Crippen molar-refractivity contribution in [2.75, 3.05) is 13.2 Å². The van der Waals surface area contributed by atoms with Crippen LogP contribution in [0.15, 0.2) is 84.9 Å². The Kier molecular flexibility index (Phi) is 8.93. The summed E-state index contributed by atoms with van der Waals surface area (Å²) in [5.41, 5.74) is 2.37. The Bertz CT molecular complexity index is 1270. The lowest BCUT2D eigenvalue weighted by Crippen LogP contribution is -2.10. The van der Waals surface area contributed by atoms with E-state index in [0.29, 0.717) is 65.9 Å². The van der Waals surface area contributed by atoms with Crippen LogP contribution in [0.3, 0.4) is 0 Å². The fourth-order valence-electron chi connectivity index (χ4n) is 3.59. The minimum atomic E-state index is -0.526. The first-order valence-electron chi connectivity index (χ1n) is 12.6. The molecular weight excluding hydrogens is 484 g/mol. The van der Waals surface area contributed by atoms with E-state index < -0.39 is 17.9 Å². The predicted octanol–water partition coefficient (Wildman–Crippen LogP) is 6.28. The highest BCUT2D eigenvalue weighted by atomic mass is 16.5. The van der Waals surface area contributed by atoms with Crippen molar-refractivity contribution in [3.8, 4) is 17.2 Å². The van der Waals surface area contributed by atoms with E-state index in [1.165, 1.54) is 18.4 Å². The molecule has 7 heteroatoms. The van der Waals surface area contributed by atoms with Gasteiger partial charge in [-0.2, -0.15) is 0 Å². The first kappa shape index (κ1) is 26.7. The zero-order chi connectivity index (χ0) is 26.9. The van der Waals surface area contributed by atoms with E-state index in [-0.39, 0.29) is 0 Å². The number of benzene rings is 3. The van der Waals surface area contributed by atoms with Crippen molar-refractivity contribution in [3.63, 3.8) is 0 Å². The lowest BCUT2D eigenvalue weighted by Gasteiger charge is -2.09. The molecule has 0 aromatic heterocycles. The summed E-state index contributed by atoms with van der Waals surface area (Å²) in [5, 5.41) is 0. The van der Waals surface area contributed by atoms with Gasteiger partial charge in [-0.3, -0.25) is 0 Å². The normalized spacial score (nSPS) is 12.3. The third-order valence-corrected chi connectivity index (χ3v) is 5.92. The predicted molar refractivity (Wildman–Crippen MR) is 142 cm³/mol. The molecular formula is C31H30O7. The SMILES string of the molecule is C=C(C)C(=O)OCCCCOc1ccc(C(=O)Oc2ccc(C(=O)Oc3ccc(C4CC4)cc3)cc2)cc1. The number of unbranched alkanes of at least 4 members (excludes halogenated alkanes) is 1. The van der Waals surface area contributed by atoms with Gasteiger partial charge in [-0.1, -0.05) is 18.7 Å². The van der Waals surface area contributed by atoms with Gasteiger partial charge in [-0.25, -0.2) is 14.4 Å². The van der Waals surface area contributed by atoms with Crippen LogP contribution in [0.2, 0.25) is 0 Å². The van der Waals surface area contributed by atoms with Gasteiger partial charge in [-0.15, -0.1) is 0 Å². The van der Waals surface area contributed by atoms with Gasteiger partial charge in [-0.05, 0) is 105 Å². The highest BCUT2D eigenvalue weighted by molar-refractivity contribution is 5.92. The third kappa shape index (κ3) is 7.80. The topological polar surface area (TPSA) is 88.1 Å². The lowest BCUT2D eigenvalue weighted by atomic mass is 10.1. The van der Waals surface area contributed by atoms with Gasteiger partial charge < -0.3 is 18.9 Å². The number of hydrogen-bond donors (Lipinski definition) is 0. The van der Waals surface area contributed by atoms with Crippen molar-refractivity contribution in [2.45, 2.75) is 38.5 Å². The van der Waals surface area contributed by atoms with Crippen LogP contribution < -0.4 is 14.2 Å². The van der Waals surface area contributed by atoms with Crippen LogP contribution in [0.4, 0.5) is 0 Å². The number of esters is 3. The zero-order valence-corrected chi connectivity index (χ0v) is 21.3. The number of hydrogen-bond acceptors (Lipinski definition) is 7. The van der Waals surface area contributed by atoms with Crippen LogP contribution in [-0.4, -0.2) is 31.1 Å². The standard InChI is InChI=1S/C31H30O7/c1-21(2)29(32)36-20-4-3-19-35-26-13-9-24(10-14-26)30(33)38-28-17-11-25(12-18-28)31(34)37-27-15-7-23(8-16-27)22-5-6-22/h7-18,22H,1,3-6,19-20H2,2H3. The second-order valence-corrected chi connectivity index (χ2v) is 9.14. The smallest absolute Gasteiger partial charge is 0.343 e. The second-order valence-electron chi connectivity index (χ2n) is 9.14. The van der Waals surface area contributed by atoms with Gasteiger partial charge in [0.15, 0.2) is 0 Å². The Morgan fingerprint density at radius 1 is 0.711 bits per heavy atom. The molecule has 3 aromatic rings. The minimum absolute atomic E-state index is 0.313. The van der Waals surface area contributed by atoms with Crippen LogP contribution in [-0.2, 0) is 9.53 Å². The molecule has 1 aliphatic rings. The molecule has 38 heavy (non-hydrogen) atoms. The molecule has 196 valence electrons. The molecule has 0 spiro atoms.